The van der Waals surface area contributed by atoms with E-state index in [4.69, 9.17) is 16.3 Å². The zero-order valence-corrected chi connectivity index (χ0v) is 16.2. The maximum absolute atomic E-state index is 12.0. The van der Waals surface area contributed by atoms with Crippen molar-refractivity contribution in [1.82, 2.24) is 15.5 Å². The molecule has 0 saturated carbocycles. The van der Waals surface area contributed by atoms with Gasteiger partial charge in [-0.2, -0.15) is 0 Å². The highest BCUT2D eigenvalue weighted by molar-refractivity contribution is 6.30. The number of nitrogens with one attached hydrogen (secondary N) is 2. The molecular weight excluding hydrogens is 354 g/mol. The fourth-order valence-electron chi connectivity index (χ4n) is 2.58. The van der Waals surface area contributed by atoms with E-state index in [1.54, 1.807) is 23.2 Å². The van der Waals surface area contributed by atoms with Crippen LogP contribution in [0.2, 0.25) is 5.02 Å². The molecule has 1 aromatic rings. The highest BCUT2D eigenvalue weighted by Crippen LogP contribution is 2.15. The first-order valence-corrected chi connectivity index (χ1v) is 9.08. The van der Waals surface area contributed by atoms with E-state index in [1.165, 1.54) is 0 Å². The Labute approximate surface area is 159 Å². The molecule has 26 heavy (non-hydrogen) atoms. The van der Waals surface area contributed by atoms with Crippen molar-refractivity contribution in [1.29, 1.82) is 0 Å². The third-order valence-corrected chi connectivity index (χ3v) is 4.06. The van der Waals surface area contributed by atoms with Gasteiger partial charge in [-0.05, 0) is 57.4 Å². The van der Waals surface area contributed by atoms with E-state index in [9.17, 15) is 9.59 Å². The van der Waals surface area contributed by atoms with Crippen molar-refractivity contribution < 1.29 is 14.3 Å². The standard InChI is InChI=1S/C19H26ClN3O3/c1-19(2,3)26-18(25)23-11-8-16(9-12-23)22-17(24)21-10-7-14-5-4-6-15(20)13-14/h4-7,10,13,16H,8-9,11-12H2,1-3H3,(H2,21,22,24)/b10-7+. The number of likely N-dealkylation sites (tertiary alicyclic amines) is 1. The van der Waals surface area contributed by atoms with Crippen LogP contribution in [0.15, 0.2) is 30.5 Å². The Morgan fingerprint density at radius 2 is 1.96 bits per heavy atom. The summed E-state index contributed by atoms with van der Waals surface area (Å²) < 4.78 is 5.37. The molecule has 0 unspecified atom stereocenters. The van der Waals surface area contributed by atoms with Crippen molar-refractivity contribution in [3.8, 4) is 0 Å². The van der Waals surface area contributed by atoms with Crippen molar-refractivity contribution in [3.05, 3.63) is 41.1 Å². The van der Waals surface area contributed by atoms with Crippen LogP contribution in [0.1, 0.15) is 39.2 Å². The average molecular weight is 380 g/mol. The smallest absolute Gasteiger partial charge is 0.410 e. The topological polar surface area (TPSA) is 70.7 Å². The minimum atomic E-state index is -0.499. The lowest BCUT2D eigenvalue weighted by Crippen LogP contribution is -2.49. The van der Waals surface area contributed by atoms with Crippen LogP contribution in [0.4, 0.5) is 9.59 Å². The lowest BCUT2D eigenvalue weighted by molar-refractivity contribution is 0.0201. The second-order valence-electron chi connectivity index (χ2n) is 7.25. The van der Waals surface area contributed by atoms with Gasteiger partial charge in [0, 0.05) is 30.4 Å². The number of benzene rings is 1. The van der Waals surface area contributed by atoms with Crippen LogP contribution in [0.5, 0.6) is 0 Å². The number of hydrogen-bond donors (Lipinski definition) is 2. The second-order valence-corrected chi connectivity index (χ2v) is 7.68. The Morgan fingerprint density at radius 3 is 2.58 bits per heavy atom. The van der Waals surface area contributed by atoms with Crippen LogP contribution in [0.3, 0.4) is 0 Å². The molecule has 0 bridgehead atoms. The van der Waals surface area contributed by atoms with Crippen molar-refractivity contribution >= 4 is 29.8 Å². The van der Waals surface area contributed by atoms with Crippen LogP contribution in [-0.4, -0.2) is 41.8 Å². The quantitative estimate of drug-likeness (QED) is 0.833. The first-order valence-electron chi connectivity index (χ1n) is 8.70. The van der Waals surface area contributed by atoms with E-state index in [0.29, 0.717) is 31.0 Å². The molecule has 0 spiro atoms. The molecule has 0 aliphatic carbocycles. The van der Waals surface area contributed by atoms with Crippen LogP contribution in [-0.2, 0) is 4.74 Å². The predicted molar refractivity (Wildman–Crippen MR) is 103 cm³/mol. The molecule has 142 valence electrons. The molecule has 6 nitrogen and oxygen atoms in total. The molecule has 1 aliphatic rings. The summed E-state index contributed by atoms with van der Waals surface area (Å²) in [6.07, 6.45) is 4.45. The molecule has 1 heterocycles. The van der Waals surface area contributed by atoms with E-state index in [0.717, 1.165) is 5.56 Å². The first kappa shape index (κ1) is 20.1. The van der Waals surface area contributed by atoms with E-state index in [-0.39, 0.29) is 18.2 Å². The van der Waals surface area contributed by atoms with Gasteiger partial charge in [0.25, 0.3) is 0 Å². The number of rotatable bonds is 3. The number of piperidine rings is 1. The van der Waals surface area contributed by atoms with Crippen LogP contribution < -0.4 is 10.6 Å². The summed E-state index contributed by atoms with van der Waals surface area (Å²) in [5.41, 5.74) is 0.407. The Bertz CT molecular complexity index is 662. The number of amides is 3. The van der Waals surface area contributed by atoms with Crippen molar-refractivity contribution in [3.63, 3.8) is 0 Å². The van der Waals surface area contributed by atoms with Gasteiger partial charge in [0.1, 0.15) is 5.60 Å². The molecule has 1 aliphatic heterocycles. The van der Waals surface area contributed by atoms with E-state index in [1.807, 2.05) is 39.0 Å². The minimum absolute atomic E-state index is 0.0354. The largest absolute Gasteiger partial charge is 0.444 e. The zero-order valence-electron chi connectivity index (χ0n) is 15.4. The Kier molecular flexibility index (Phi) is 6.91. The monoisotopic (exact) mass is 379 g/mol. The Balaban J connectivity index is 1.72. The lowest BCUT2D eigenvalue weighted by Gasteiger charge is -2.33. The van der Waals surface area contributed by atoms with Gasteiger partial charge in [0.15, 0.2) is 0 Å². The summed E-state index contributed by atoms with van der Waals surface area (Å²) in [6, 6.07) is 7.12. The maximum atomic E-state index is 12.0. The van der Waals surface area contributed by atoms with Crippen molar-refractivity contribution in [2.45, 2.75) is 45.3 Å². The molecule has 1 saturated heterocycles. The van der Waals surface area contributed by atoms with E-state index in [2.05, 4.69) is 10.6 Å². The number of ether oxygens (including phenoxy) is 1. The van der Waals surface area contributed by atoms with Gasteiger partial charge in [-0.3, -0.25) is 0 Å². The molecule has 0 atom stereocenters. The molecule has 3 amide bonds. The maximum Gasteiger partial charge on any atom is 0.410 e. The van der Waals surface area contributed by atoms with Crippen LogP contribution in [0.25, 0.3) is 6.08 Å². The summed E-state index contributed by atoms with van der Waals surface area (Å²) in [6.45, 7) is 6.68. The highest BCUT2D eigenvalue weighted by atomic mass is 35.5. The van der Waals surface area contributed by atoms with Gasteiger partial charge in [0.2, 0.25) is 0 Å². The van der Waals surface area contributed by atoms with Gasteiger partial charge in [-0.15, -0.1) is 0 Å². The number of carbonyl (C=O) groups is 2. The predicted octanol–water partition coefficient (Wildman–Crippen LogP) is 4.01. The third-order valence-electron chi connectivity index (χ3n) is 3.82. The Hall–Kier alpha value is -2.21. The molecule has 1 fully saturated rings. The lowest BCUT2D eigenvalue weighted by atomic mass is 10.1. The molecule has 7 heteroatoms. The van der Waals surface area contributed by atoms with E-state index < -0.39 is 5.60 Å². The van der Waals surface area contributed by atoms with Gasteiger partial charge in [0.05, 0.1) is 0 Å². The molecule has 1 aromatic carbocycles. The molecule has 0 aromatic heterocycles. The number of halogens is 1. The summed E-state index contributed by atoms with van der Waals surface area (Å²) >= 11 is 5.91. The highest BCUT2D eigenvalue weighted by Gasteiger charge is 2.27. The second kappa shape index (κ2) is 8.94. The summed E-state index contributed by atoms with van der Waals surface area (Å²) in [5, 5.41) is 6.25. The van der Waals surface area contributed by atoms with Gasteiger partial charge in [-0.1, -0.05) is 23.7 Å². The van der Waals surface area contributed by atoms with Crippen LogP contribution >= 0.6 is 11.6 Å². The first-order chi connectivity index (χ1) is 12.2. The van der Waals surface area contributed by atoms with Crippen LogP contribution in [0, 0.1) is 0 Å². The minimum Gasteiger partial charge on any atom is -0.444 e. The van der Waals surface area contributed by atoms with Crippen molar-refractivity contribution in [2.24, 2.45) is 0 Å². The SMILES string of the molecule is CC(C)(C)OC(=O)N1CCC(NC(=O)N/C=C/c2cccc(Cl)c2)CC1. The molecule has 0 radical (unpaired) electrons. The Morgan fingerprint density at radius 1 is 1.27 bits per heavy atom. The summed E-state index contributed by atoms with van der Waals surface area (Å²) in [4.78, 5) is 25.7. The van der Waals surface area contributed by atoms with Crippen molar-refractivity contribution in [2.75, 3.05) is 13.1 Å². The number of hydrogen-bond acceptors (Lipinski definition) is 3. The normalized spacial score (nSPS) is 15.8. The number of urea groups is 1. The average Bonchev–Trinajstić information content (AvgIpc) is 2.54. The van der Waals surface area contributed by atoms with Gasteiger partial charge >= 0.3 is 12.1 Å². The third kappa shape index (κ3) is 6.96. The summed E-state index contributed by atoms with van der Waals surface area (Å²) in [7, 11) is 0. The fourth-order valence-corrected chi connectivity index (χ4v) is 2.78. The molecule has 2 rings (SSSR count). The number of carbonyl (C=O) groups excluding carboxylic acids is 2. The van der Waals surface area contributed by atoms with E-state index >= 15 is 0 Å². The zero-order chi connectivity index (χ0) is 19.2. The van der Waals surface area contributed by atoms with Gasteiger partial charge < -0.3 is 20.3 Å². The summed E-state index contributed by atoms with van der Waals surface area (Å²) in [5.74, 6) is 0. The molecule has 2 N–H and O–H groups in total. The molecular formula is C19H26ClN3O3. The fraction of sp³-hybridized carbons (Fsp3) is 0.474. The number of nitrogens with zero attached hydrogens (tertiary/aromatic N) is 1. The van der Waals surface area contributed by atoms with Gasteiger partial charge in [-0.25, -0.2) is 9.59 Å².